The highest BCUT2D eigenvalue weighted by Crippen LogP contribution is 2.39. The molecule has 7 heteroatoms. The Morgan fingerprint density at radius 3 is 2.70 bits per heavy atom. The Morgan fingerprint density at radius 1 is 1.11 bits per heavy atom. The van der Waals surface area contributed by atoms with Crippen molar-refractivity contribution in [2.45, 2.75) is 52.2 Å². The van der Waals surface area contributed by atoms with Crippen LogP contribution in [0.25, 0.3) is 11.1 Å². The van der Waals surface area contributed by atoms with Crippen molar-refractivity contribution in [3.63, 3.8) is 0 Å². The van der Waals surface area contributed by atoms with Gasteiger partial charge in [-0.15, -0.1) is 0 Å². The predicted molar refractivity (Wildman–Crippen MR) is 137 cm³/mol. The van der Waals surface area contributed by atoms with E-state index in [1.54, 1.807) is 13.0 Å². The predicted octanol–water partition coefficient (Wildman–Crippen LogP) is 6.12. The van der Waals surface area contributed by atoms with Gasteiger partial charge in [-0.3, -0.25) is 4.79 Å². The molecule has 0 aliphatic carbocycles. The highest BCUT2D eigenvalue weighted by Gasteiger charge is 2.27. The summed E-state index contributed by atoms with van der Waals surface area (Å²) in [6.07, 6.45) is 0.689. The van der Waals surface area contributed by atoms with Gasteiger partial charge in [-0.25, -0.2) is 4.39 Å². The van der Waals surface area contributed by atoms with Crippen molar-refractivity contribution in [2.75, 3.05) is 19.8 Å². The molecule has 2 heterocycles. The van der Waals surface area contributed by atoms with Crippen LogP contribution in [-0.4, -0.2) is 37.0 Å². The number of aryl methyl sites for hydroxylation is 1. The third-order valence-electron chi connectivity index (χ3n) is 7.24. The van der Waals surface area contributed by atoms with Crippen molar-refractivity contribution in [3.8, 4) is 28.4 Å². The number of carbonyl (C=O) groups is 1. The molecule has 0 bridgehead atoms. The number of fused-ring (bicyclic) bond motifs is 1. The monoisotopic (exact) mass is 506 g/mol. The number of halogens is 1. The molecule has 0 spiro atoms. The minimum absolute atomic E-state index is 0.0424. The van der Waals surface area contributed by atoms with Gasteiger partial charge in [-0.05, 0) is 66.3 Å². The van der Waals surface area contributed by atoms with Gasteiger partial charge in [-0.1, -0.05) is 24.3 Å². The third-order valence-corrected chi connectivity index (χ3v) is 7.24. The average molecular weight is 507 g/mol. The first-order valence-corrected chi connectivity index (χ1v) is 12.6. The first-order chi connectivity index (χ1) is 17.8. The van der Waals surface area contributed by atoms with E-state index in [9.17, 15) is 4.79 Å². The Bertz CT molecular complexity index is 1330. The molecule has 5 rings (SSSR count). The van der Waals surface area contributed by atoms with Crippen LogP contribution in [0.2, 0.25) is 0 Å². The van der Waals surface area contributed by atoms with Crippen LogP contribution in [0, 0.1) is 26.6 Å². The molecule has 194 valence electrons. The summed E-state index contributed by atoms with van der Waals surface area (Å²) < 4.78 is 38.4. The third kappa shape index (κ3) is 5.14. The summed E-state index contributed by atoms with van der Waals surface area (Å²) in [6, 6.07) is 13.3. The standard InChI is InChI=1S/C30H31FO6/c1-17-11-27(37-23-9-10-34-16-23)30(31)19(3)29(17)24-6-4-5-20(18(24)2)14-35-22-7-8-25-21(12-28(32)33)15-36-26(25)13-22/h4-8,11,13,21,23H,9-10,12,14-16H2,1-3H3,(H,32,33)/t21-,23+/m1/s1. The maximum atomic E-state index is 15.4. The molecule has 2 atom stereocenters. The second-order valence-corrected chi connectivity index (χ2v) is 9.79. The maximum absolute atomic E-state index is 15.4. The zero-order chi connectivity index (χ0) is 26.1. The Hall–Kier alpha value is -3.58. The van der Waals surface area contributed by atoms with Gasteiger partial charge >= 0.3 is 5.97 Å². The summed E-state index contributed by atoms with van der Waals surface area (Å²) in [5, 5.41) is 9.10. The summed E-state index contributed by atoms with van der Waals surface area (Å²) >= 11 is 0. The highest BCUT2D eigenvalue weighted by atomic mass is 19.1. The summed E-state index contributed by atoms with van der Waals surface area (Å²) in [5.74, 6) is 0.269. The van der Waals surface area contributed by atoms with Crippen molar-refractivity contribution < 1.29 is 33.2 Å². The molecule has 0 saturated carbocycles. The second-order valence-electron chi connectivity index (χ2n) is 9.79. The van der Waals surface area contributed by atoms with Crippen LogP contribution < -0.4 is 14.2 Å². The molecule has 0 unspecified atom stereocenters. The Morgan fingerprint density at radius 2 is 1.95 bits per heavy atom. The second kappa shape index (κ2) is 10.4. The lowest BCUT2D eigenvalue weighted by molar-refractivity contribution is -0.137. The topological polar surface area (TPSA) is 74.2 Å². The fourth-order valence-electron chi connectivity index (χ4n) is 5.21. The number of rotatable bonds is 8. The van der Waals surface area contributed by atoms with Gasteiger partial charge in [0, 0.05) is 24.0 Å². The summed E-state index contributed by atoms with van der Waals surface area (Å²) in [5.41, 5.74) is 6.23. The van der Waals surface area contributed by atoms with E-state index in [2.05, 4.69) is 0 Å². The van der Waals surface area contributed by atoms with Crippen LogP contribution in [0.15, 0.2) is 42.5 Å². The van der Waals surface area contributed by atoms with E-state index in [0.717, 1.165) is 39.8 Å². The van der Waals surface area contributed by atoms with E-state index in [-0.39, 0.29) is 30.0 Å². The number of hydrogen-bond acceptors (Lipinski definition) is 5. The van der Waals surface area contributed by atoms with Crippen LogP contribution in [0.3, 0.4) is 0 Å². The zero-order valence-electron chi connectivity index (χ0n) is 21.3. The quantitative estimate of drug-likeness (QED) is 0.397. The Balaban J connectivity index is 1.35. The Labute approximate surface area is 215 Å². The molecule has 6 nitrogen and oxygen atoms in total. The molecule has 1 N–H and O–H groups in total. The van der Waals surface area contributed by atoms with Crippen LogP contribution >= 0.6 is 0 Å². The smallest absolute Gasteiger partial charge is 0.304 e. The lowest BCUT2D eigenvalue weighted by atomic mass is 9.90. The lowest BCUT2D eigenvalue weighted by Crippen LogP contribution is -2.17. The summed E-state index contributed by atoms with van der Waals surface area (Å²) in [7, 11) is 0. The molecular formula is C30H31FO6. The fourth-order valence-corrected chi connectivity index (χ4v) is 5.21. The van der Waals surface area contributed by atoms with Crippen molar-refractivity contribution in [3.05, 3.63) is 76.1 Å². The number of ether oxygens (including phenoxy) is 4. The SMILES string of the molecule is Cc1cc(O[C@H]2CCOC2)c(F)c(C)c1-c1cccc(COc2ccc3c(c2)OC[C@H]3CC(=O)O)c1C. The van der Waals surface area contributed by atoms with Crippen LogP contribution in [-0.2, 0) is 16.1 Å². The molecule has 0 amide bonds. The van der Waals surface area contributed by atoms with Gasteiger partial charge in [0.1, 0.15) is 24.2 Å². The van der Waals surface area contributed by atoms with E-state index in [1.807, 2.05) is 50.2 Å². The van der Waals surface area contributed by atoms with Gasteiger partial charge in [0.15, 0.2) is 11.6 Å². The van der Waals surface area contributed by atoms with Crippen LogP contribution in [0.4, 0.5) is 4.39 Å². The van der Waals surface area contributed by atoms with Gasteiger partial charge in [-0.2, -0.15) is 0 Å². The number of carboxylic acids is 1. The molecular weight excluding hydrogens is 475 g/mol. The van der Waals surface area contributed by atoms with E-state index in [4.69, 9.17) is 24.1 Å². The molecule has 1 fully saturated rings. The molecule has 3 aromatic rings. The molecule has 3 aromatic carbocycles. The summed E-state index contributed by atoms with van der Waals surface area (Å²) in [6.45, 7) is 7.61. The average Bonchev–Trinajstić information content (AvgIpc) is 3.52. The molecule has 2 aliphatic rings. The van der Waals surface area contributed by atoms with E-state index < -0.39 is 5.97 Å². The van der Waals surface area contributed by atoms with Crippen LogP contribution in [0.5, 0.6) is 17.2 Å². The van der Waals surface area contributed by atoms with E-state index in [1.165, 1.54) is 0 Å². The van der Waals surface area contributed by atoms with Crippen molar-refractivity contribution in [1.29, 1.82) is 0 Å². The van der Waals surface area contributed by atoms with Gasteiger partial charge in [0.2, 0.25) is 0 Å². The van der Waals surface area contributed by atoms with Gasteiger partial charge in [0.25, 0.3) is 0 Å². The molecule has 1 saturated heterocycles. The lowest BCUT2D eigenvalue weighted by Gasteiger charge is -2.20. The van der Waals surface area contributed by atoms with Crippen molar-refractivity contribution >= 4 is 5.97 Å². The van der Waals surface area contributed by atoms with Gasteiger partial charge < -0.3 is 24.1 Å². The van der Waals surface area contributed by atoms with E-state index in [0.29, 0.717) is 43.5 Å². The molecule has 0 radical (unpaired) electrons. The van der Waals surface area contributed by atoms with E-state index >= 15 is 4.39 Å². The first-order valence-electron chi connectivity index (χ1n) is 12.6. The maximum Gasteiger partial charge on any atom is 0.304 e. The van der Waals surface area contributed by atoms with Gasteiger partial charge in [0.05, 0.1) is 26.2 Å². The van der Waals surface area contributed by atoms with Crippen molar-refractivity contribution in [1.82, 2.24) is 0 Å². The summed E-state index contributed by atoms with van der Waals surface area (Å²) in [4.78, 5) is 11.1. The zero-order valence-corrected chi connectivity index (χ0v) is 21.3. The molecule has 2 aliphatic heterocycles. The van der Waals surface area contributed by atoms with Crippen molar-refractivity contribution in [2.24, 2.45) is 0 Å². The normalized spacial score (nSPS) is 18.4. The minimum Gasteiger partial charge on any atom is -0.492 e. The number of aliphatic carboxylic acids is 1. The number of hydrogen-bond donors (Lipinski definition) is 1. The van der Waals surface area contributed by atoms with Crippen LogP contribution in [0.1, 0.15) is 46.6 Å². The molecule has 0 aromatic heterocycles. The largest absolute Gasteiger partial charge is 0.492 e. The first kappa shape index (κ1) is 25.1. The highest BCUT2D eigenvalue weighted by molar-refractivity contribution is 5.75. The fraction of sp³-hybridized carbons (Fsp3) is 0.367. The number of carboxylic acid groups (broad SMARTS) is 1. The Kier molecular flexibility index (Phi) is 7.07. The number of benzene rings is 3. The molecule has 37 heavy (non-hydrogen) atoms. The minimum atomic E-state index is -0.840.